The molecule has 2 N–H and O–H groups in total. The largest absolute Gasteiger partial charge is 0.394 e. The highest BCUT2D eigenvalue weighted by molar-refractivity contribution is 5.60. The molecule has 0 aliphatic heterocycles. The first kappa shape index (κ1) is 10.8. The number of unbranched alkanes of at least 4 members (excludes halogenated alkanes) is 2. The van der Waals surface area contributed by atoms with E-state index in [4.69, 9.17) is 5.73 Å². The Morgan fingerprint density at radius 1 is 1.43 bits per heavy atom. The maximum Gasteiger partial charge on any atom is 0.154 e. The van der Waals surface area contributed by atoms with Crippen LogP contribution in [-0.4, -0.2) is 23.6 Å². The van der Waals surface area contributed by atoms with Gasteiger partial charge in [-0.2, -0.15) is 0 Å². The number of anilines is 2. The van der Waals surface area contributed by atoms with Crippen molar-refractivity contribution in [1.29, 1.82) is 0 Å². The van der Waals surface area contributed by atoms with Gasteiger partial charge in [0.15, 0.2) is 5.82 Å². The number of hydrogen-bond donors (Lipinski definition) is 1. The first-order valence-corrected chi connectivity index (χ1v) is 5.02. The monoisotopic (exact) mass is 194 g/mol. The normalized spacial score (nSPS) is 10.1. The Balaban J connectivity index is 2.51. The molecule has 1 rings (SSSR count). The minimum Gasteiger partial charge on any atom is -0.394 e. The van der Waals surface area contributed by atoms with E-state index in [1.807, 2.05) is 7.05 Å². The van der Waals surface area contributed by atoms with Crippen molar-refractivity contribution in [1.82, 2.24) is 9.97 Å². The minimum absolute atomic E-state index is 0.645. The van der Waals surface area contributed by atoms with Gasteiger partial charge in [-0.3, -0.25) is 0 Å². The summed E-state index contributed by atoms with van der Waals surface area (Å²) in [7, 11) is 2.01. The molecule has 0 aromatic carbocycles. The highest BCUT2D eigenvalue weighted by Gasteiger charge is 2.05. The molecule has 0 aliphatic carbocycles. The van der Waals surface area contributed by atoms with Gasteiger partial charge < -0.3 is 10.6 Å². The average Bonchev–Trinajstić information content (AvgIpc) is 2.18. The van der Waals surface area contributed by atoms with Crippen molar-refractivity contribution in [2.45, 2.75) is 26.2 Å². The predicted molar refractivity (Wildman–Crippen MR) is 59.2 cm³/mol. The van der Waals surface area contributed by atoms with E-state index < -0.39 is 0 Å². The van der Waals surface area contributed by atoms with E-state index in [0.29, 0.717) is 5.69 Å². The van der Waals surface area contributed by atoms with Crippen LogP contribution in [0.2, 0.25) is 0 Å². The second-order valence-corrected chi connectivity index (χ2v) is 3.43. The Kier molecular flexibility index (Phi) is 4.16. The van der Waals surface area contributed by atoms with Crippen LogP contribution in [0, 0.1) is 0 Å². The molecule has 0 amide bonds. The molecule has 0 unspecified atom stereocenters. The Morgan fingerprint density at radius 3 is 2.86 bits per heavy atom. The summed E-state index contributed by atoms with van der Waals surface area (Å²) in [4.78, 5) is 10.1. The molecule has 0 fully saturated rings. The third kappa shape index (κ3) is 2.87. The molecule has 0 radical (unpaired) electrons. The lowest BCUT2D eigenvalue weighted by atomic mass is 10.2. The fourth-order valence-electron chi connectivity index (χ4n) is 1.36. The number of rotatable bonds is 5. The SMILES string of the molecule is CCCCCN(C)c1ncncc1N. The van der Waals surface area contributed by atoms with Gasteiger partial charge in [-0.15, -0.1) is 0 Å². The van der Waals surface area contributed by atoms with Crippen LogP contribution in [0.25, 0.3) is 0 Å². The molecule has 0 aliphatic rings. The maximum atomic E-state index is 5.76. The molecule has 4 heteroatoms. The lowest BCUT2D eigenvalue weighted by molar-refractivity contribution is 0.701. The fraction of sp³-hybridized carbons (Fsp3) is 0.600. The lowest BCUT2D eigenvalue weighted by Crippen LogP contribution is -2.21. The highest BCUT2D eigenvalue weighted by Crippen LogP contribution is 2.16. The summed E-state index contributed by atoms with van der Waals surface area (Å²) in [6.45, 7) is 3.19. The topological polar surface area (TPSA) is 55.0 Å². The van der Waals surface area contributed by atoms with Crippen LogP contribution < -0.4 is 10.6 Å². The molecule has 1 aromatic heterocycles. The van der Waals surface area contributed by atoms with Crippen molar-refractivity contribution < 1.29 is 0 Å². The fourth-order valence-corrected chi connectivity index (χ4v) is 1.36. The summed E-state index contributed by atoms with van der Waals surface area (Å²) in [5, 5.41) is 0. The van der Waals surface area contributed by atoms with Crippen molar-refractivity contribution in [3.63, 3.8) is 0 Å². The molecule has 0 bridgehead atoms. The van der Waals surface area contributed by atoms with Crippen molar-refractivity contribution in [2.75, 3.05) is 24.2 Å². The van der Waals surface area contributed by atoms with Crippen LogP contribution in [0.5, 0.6) is 0 Å². The molecular formula is C10H18N4. The third-order valence-electron chi connectivity index (χ3n) is 2.18. The zero-order chi connectivity index (χ0) is 10.4. The molecule has 78 valence electrons. The number of nitrogens with zero attached hydrogens (tertiary/aromatic N) is 3. The summed E-state index contributed by atoms with van der Waals surface area (Å²) < 4.78 is 0. The van der Waals surface area contributed by atoms with Crippen molar-refractivity contribution in [3.8, 4) is 0 Å². The van der Waals surface area contributed by atoms with Crippen LogP contribution in [-0.2, 0) is 0 Å². The number of nitrogen functional groups attached to an aromatic ring is 1. The summed E-state index contributed by atoms with van der Waals surface area (Å²) in [6.07, 6.45) is 6.82. The van der Waals surface area contributed by atoms with Gasteiger partial charge in [-0.1, -0.05) is 19.8 Å². The molecular weight excluding hydrogens is 176 g/mol. The van der Waals surface area contributed by atoms with Gasteiger partial charge in [0.2, 0.25) is 0 Å². The lowest BCUT2D eigenvalue weighted by Gasteiger charge is -2.18. The van der Waals surface area contributed by atoms with Gasteiger partial charge in [0.25, 0.3) is 0 Å². The Bertz CT molecular complexity index is 275. The first-order valence-electron chi connectivity index (χ1n) is 5.02. The van der Waals surface area contributed by atoms with Crippen molar-refractivity contribution >= 4 is 11.5 Å². The van der Waals surface area contributed by atoms with E-state index in [1.165, 1.54) is 25.6 Å². The molecule has 1 heterocycles. The van der Waals surface area contributed by atoms with Gasteiger partial charge in [0, 0.05) is 13.6 Å². The van der Waals surface area contributed by atoms with Crippen molar-refractivity contribution in [3.05, 3.63) is 12.5 Å². The van der Waals surface area contributed by atoms with E-state index in [2.05, 4.69) is 21.8 Å². The predicted octanol–water partition coefficient (Wildman–Crippen LogP) is 1.69. The minimum atomic E-state index is 0.645. The van der Waals surface area contributed by atoms with Crippen LogP contribution >= 0.6 is 0 Å². The average molecular weight is 194 g/mol. The first-order chi connectivity index (χ1) is 6.75. The number of hydrogen-bond acceptors (Lipinski definition) is 4. The van der Waals surface area contributed by atoms with Crippen LogP contribution in [0.3, 0.4) is 0 Å². The summed E-state index contributed by atoms with van der Waals surface area (Å²) in [6, 6.07) is 0. The highest BCUT2D eigenvalue weighted by atomic mass is 15.2. The quantitative estimate of drug-likeness (QED) is 0.725. The Labute approximate surface area is 85.2 Å². The molecule has 0 atom stereocenters. The zero-order valence-corrected chi connectivity index (χ0v) is 8.90. The number of nitrogens with two attached hydrogens (primary N) is 1. The number of aromatic nitrogens is 2. The molecule has 14 heavy (non-hydrogen) atoms. The second kappa shape index (κ2) is 5.42. The van der Waals surface area contributed by atoms with E-state index in [1.54, 1.807) is 6.20 Å². The van der Waals surface area contributed by atoms with E-state index in [9.17, 15) is 0 Å². The molecule has 4 nitrogen and oxygen atoms in total. The van der Waals surface area contributed by atoms with E-state index in [0.717, 1.165) is 12.4 Å². The Hall–Kier alpha value is -1.32. The standard InChI is InChI=1S/C10H18N4/c1-3-4-5-6-14(2)10-9(11)7-12-8-13-10/h7-8H,3-6,11H2,1-2H3. The van der Waals surface area contributed by atoms with Crippen LogP contribution in [0.4, 0.5) is 11.5 Å². The van der Waals surface area contributed by atoms with Gasteiger partial charge in [-0.25, -0.2) is 9.97 Å². The summed E-state index contributed by atoms with van der Waals surface area (Å²) >= 11 is 0. The Morgan fingerprint density at radius 2 is 2.21 bits per heavy atom. The van der Waals surface area contributed by atoms with E-state index >= 15 is 0 Å². The maximum absolute atomic E-state index is 5.76. The van der Waals surface area contributed by atoms with Crippen LogP contribution in [0.1, 0.15) is 26.2 Å². The van der Waals surface area contributed by atoms with Crippen molar-refractivity contribution in [2.24, 2.45) is 0 Å². The van der Waals surface area contributed by atoms with Gasteiger partial charge >= 0.3 is 0 Å². The molecule has 0 spiro atoms. The van der Waals surface area contributed by atoms with Gasteiger partial charge in [0.1, 0.15) is 6.33 Å². The zero-order valence-electron chi connectivity index (χ0n) is 8.90. The van der Waals surface area contributed by atoms with Gasteiger partial charge in [-0.05, 0) is 6.42 Å². The molecule has 0 saturated heterocycles. The summed E-state index contributed by atoms with van der Waals surface area (Å²) in [5.41, 5.74) is 6.40. The smallest absolute Gasteiger partial charge is 0.154 e. The van der Waals surface area contributed by atoms with Crippen LogP contribution in [0.15, 0.2) is 12.5 Å². The van der Waals surface area contributed by atoms with Gasteiger partial charge in [0.05, 0.1) is 11.9 Å². The molecule has 0 saturated carbocycles. The third-order valence-corrected chi connectivity index (χ3v) is 2.18. The van der Waals surface area contributed by atoms with E-state index in [-0.39, 0.29) is 0 Å². The second-order valence-electron chi connectivity index (χ2n) is 3.43. The summed E-state index contributed by atoms with van der Waals surface area (Å²) in [5.74, 6) is 0.830. The molecule has 1 aromatic rings.